The van der Waals surface area contributed by atoms with Gasteiger partial charge in [-0.05, 0) is 82.0 Å². The Morgan fingerprint density at radius 1 is 0.859 bits per heavy atom. The number of aliphatic hydroxyl groups is 1. The van der Waals surface area contributed by atoms with Crippen LogP contribution in [0, 0.1) is 12.3 Å². The Kier molecular flexibility index (Phi) is 16.4. The van der Waals surface area contributed by atoms with Crippen molar-refractivity contribution in [3.8, 4) is 21.9 Å². The number of amides is 4. The third-order valence-corrected chi connectivity index (χ3v) is 12.2. The molecule has 14 heteroatoms. The van der Waals surface area contributed by atoms with Gasteiger partial charge in [-0.25, -0.2) is 4.98 Å². The number of alkyl halides is 1. The number of thiazole rings is 1. The van der Waals surface area contributed by atoms with E-state index in [0.29, 0.717) is 18.1 Å². The van der Waals surface area contributed by atoms with Gasteiger partial charge in [-0.15, -0.1) is 22.9 Å². The number of β-amino-alcohol motifs (C(OH)–C–C–N with tert-alkyl or cyclic N) is 1. The van der Waals surface area contributed by atoms with E-state index in [-0.39, 0.29) is 57.2 Å². The molecule has 0 radical (unpaired) electrons. The second kappa shape index (κ2) is 22.1. The maximum atomic E-state index is 14.0. The molecule has 1 saturated heterocycles. The predicted octanol–water partition coefficient (Wildman–Crippen LogP) is 7.50. The average molecular weight is 907 g/mol. The fourth-order valence-corrected chi connectivity index (χ4v) is 8.70. The largest absolute Gasteiger partial charge is 0.508 e. The first-order chi connectivity index (χ1) is 30.7. The van der Waals surface area contributed by atoms with Crippen LogP contribution in [0.15, 0.2) is 109 Å². The van der Waals surface area contributed by atoms with Crippen LogP contribution in [-0.2, 0) is 25.7 Å². The number of benzene rings is 4. The van der Waals surface area contributed by atoms with Crippen LogP contribution >= 0.6 is 22.9 Å². The SMILES string of the molecule is Cc1ncsc1-c1ccc(CNC(=O)[C@@H]2C[C@@H](O)CN2C(=O)C(NC(=O)CCC(=O)NCCOc2ccc(C(=C(CCCl)c3ccccc3)c3ccc(O)cc3)cc2)C(C)(C)C)cc1. The number of likely N-dealkylation sites (tertiary alicyclic amines) is 1. The summed E-state index contributed by atoms with van der Waals surface area (Å²) in [6, 6.07) is 30.7. The van der Waals surface area contributed by atoms with Crippen LogP contribution in [0.1, 0.15) is 74.4 Å². The minimum atomic E-state index is -1.01. The second-order valence-electron chi connectivity index (χ2n) is 16.9. The first kappa shape index (κ1) is 47.5. The molecule has 0 saturated carbocycles. The van der Waals surface area contributed by atoms with Gasteiger partial charge in [-0.3, -0.25) is 19.2 Å². The van der Waals surface area contributed by atoms with Crippen molar-refractivity contribution < 1.29 is 34.1 Å². The summed E-state index contributed by atoms with van der Waals surface area (Å²) in [5.74, 6) is -0.489. The number of allylic oxidation sites excluding steroid dienone is 1. The molecule has 1 aliphatic heterocycles. The van der Waals surface area contributed by atoms with Gasteiger partial charge in [0.05, 0.1) is 28.7 Å². The molecule has 1 aromatic heterocycles. The molecule has 1 fully saturated rings. The van der Waals surface area contributed by atoms with E-state index in [9.17, 15) is 29.4 Å². The van der Waals surface area contributed by atoms with Crippen LogP contribution in [-0.4, -0.2) is 87.5 Å². The summed E-state index contributed by atoms with van der Waals surface area (Å²) >= 11 is 7.85. The second-order valence-corrected chi connectivity index (χ2v) is 18.1. The van der Waals surface area contributed by atoms with Crippen molar-refractivity contribution in [2.75, 3.05) is 25.6 Å². The molecule has 6 rings (SSSR count). The highest BCUT2D eigenvalue weighted by molar-refractivity contribution is 7.13. The topological polar surface area (TPSA) is 170 Å². The van der Waals surface area contributed by atoms with Crippen LogP contribution in [0.2, 0.25) is 0 Å². The summed E-state index contributed by atoms with van der Waals surface area (Å²) in [6.45, 7) is 7.98. The zero-order valence-corrected chi connectivity index (χ0v) is 38.2. The van der Waals surface area contributed by atoms with Crippen LogP contribution in [0.3, 0.4) is 0 Å². The highest BCUT2D eigenvalue weighted by atomic mass is 35.5. The normalized spacial score (nSPS) is 15.8. The Hall–Kier alpha value is -6.02. The average Bonchev–Trinajstić information content (AvgIpc) is 3.91. The van der Waals surface area contributed by atoms with Gasteiger partial charge in [0.25, 0.3) is 0 Å². The van der Waals surface area contributed by atoms with Gasteiger partial charge < -0.3 is 35.8 Å². The van der Waals surface area contributed by atoms with E-state index in [4.69, 9.17) is 16.3 Å². The number of carbonyl (C=O) groups is 4. The number of carbonyl (C=O) groups excluding carboxylic acids is 4. The van der Waals surface area contributed by atoms with Gasteiger partial charge in [0.2, 0.25) is 23.6 Å². The fraction of sp³-hybridized carbons (Fsp3) is 0.340. The van der Waals surface area contributed by atoms with E-state index < -0.39 is 41.3 Å². The number of phenolic OH excluding ortho intramolecular Hbond substituents is 1. The monoisotopic (exact) mass is 905 g/mol. The van der Waals surface area contributed by atoms with E-state index >= 15 is 0 Å². The number of aromatic hydroxyl groups is 1. The lowest BCUT2D eigenvalue weighted by atomic mass is 9.85. The molecular weight excluding hydrogens is 850 g/mol. The number of nitrogens with zero attached hydrogens (tertiary/aromatic N) is 2. The van der Waals surface area contributed by atoms with Gasteiger partial charge >= 0.3 is 0 Å². The number of rotatable bonds is 18. The molecule has 5 N–H and O–H groups in total. The van der Waals surface area contributed by atoms with Crippen LogP contribution in [0.5, 0.6) is 11.5 Å². The van der Waals surface area contributed by atoms with E-state index in [0.717, 1.165) is 49.5 Å². The Balaban J connectivity index is 0.979. The molecule has 64 heavy (non-hydrogen) atoms. The minimum Gasteiger partial charge on any atom is -0.508 e. The third-order valence-electron chi connectivity index (χ3n) is 11.1. The molecule has 3 atom stereocenters. The summed E-state index contributed by atoms with van der Waals surface area (Å²) in [4.78, 5) is 60.2. The van der Waals surface area contributed by atoms with E-state index in [1.165, 1.54) is 4.90 Å². The highest BCUT2D eigenvalue weighted by Crippen LogP contribution is 2.36. The molecule has 4 aromatic carbocycles. The maximum absolute atomic E-state index is 14.0. The Labute approximate surface area is 383 Å². The quantitative estimate of drug-likeness (QED) is 0.0342. The molecule has 12 nitrogen and oxygen atoms in total. The van der Waals surface area contributed by atoms with Gasteiger partial charge in [0, 0.05) is 38.2 Å². The molecular formula is C50H56ClN5O7S. The number of hydrogen-bond acceptors (Lipinski definition) is 9. The standard InChI is InChI=1S/C50H56ClN5O7S/c1-32-46(64-31-54-32)37-12-10-33(11-13-37)29-53-48(61)42-28-39(58)30-56(42)49(62)47(50(2,3)4)55-44(60)23-22-43(59)52-26-27-63-40-20-16-36(17-21-40)45(35-14-18-38(57)19-15-35)41(24-25-51)34-8-6-5-7-9-34/h5-21,31,39,42,47,57-58H,22-30H2,1-4H3,(H,52,59)(H,53,61)(H,55,60)/t39-,42+,47?/m1/s1. The predicted molar refractivity (Wildman–Crippen MR) is 252 cm³/mol. The fourth-order valence-electron chi connectivity index (χ4n) is 7.70. The zero-order valence-electron chi connectivity index (χ0n) is 36.6. The molecule has 2 heterocycles. The molecule has 0 spiro atoms. The van der Waals surface area contributed by atoms with Crippen molar-refractivity contribution in [2.45, 2.75) is 78.1 Å². The van der Waals surface area contributed by atoms with Crippen molar-refractivity contribution >= 4 is 57.7 Å². The molecule has 5 aromatic rings. The van der Waals surface area contributed by atoms with Gasteiger partial charge in [0.15, 0.2) is 0 Å². The molecule has 0 aliphatic carbocycles. The Bertz CT molecular complexity index is 2400. The lowest BCUT2D eigenvalue weighted by Gasteiger charge is -2.35. The van der Waals surface area contributed by atoms with Crippen molar-refractivity contribution in [2.24, 2.45) is 5.41 Å². The van der Waals surface area contributed by atoms with Crippen molar-refractivity contribution in [3.05, 3.63) is 137 Å². The van der Waals surface area contributed by atoms with E-state index in [1.54, 1.807) is 29.0 Å². The number of aryl methyl sites for hydroxylation is 1. The van der Waals surface area contributed by atoms with Crippen LogP contribution < -0.4 is 20.7 Å². The summed E-state index contributed by atoms with van der Waals surface area (Å²) in [5, 5.41) is 29.1. The molecule has 0 bridgehead atoms. The number of halogens is 1. The Morgan fingerprint density at radius 3 is 2.14 bits per heavy atom. The smallest absolute Gasteiger partial charge is 0.246 e. The number of aliphatic hydroxyl groups excluding tert-OH is 1. The minimum absolute atomic E-state index is 0.0431. The van der Waals surface area contributed by atoms with Gasteiger partial charge in [0.1, 0.15) is 30.2 Å². The van der Waals surface area contributed by atoms with Crippen LogP contribution in [0.4, 0.5) is 0 Å². The zero-order chi connectivity index (χ0) is 45.8. The molecule has 1 aliphatic rings. The molecule has 336 valence electrons. The molecule has 4 amide bonds. The lowest BCUT2D eigenvalue weighted by Crippen LogP contribution is -2.57. The van der Waals surface area contributed by atoms with Crippen LogP contribution in [0.25, 0.3) is 21.6 Å². The van der Waals surface area contributed by atoms with Gasteiger partial charge in [-0.2, -0.15) is 0 Å². The Morgan fingerprint density at radius 2 is 1.52 bits per heavy atom. The number of ether oxygens (including phenoxy) is 1. The van der Waals surface area contributed by atoms with Crippen molar-refractivity contribution in [1.82, 2.24) is 25.8 Å². The third kappa shape index (κ3) is 12.6. The van der Waals surface area contributed by atoms with E-state index in [2.05, 4.69) is 33.1 Å². The lowest BCUT2D eigenvalue weighted by molar-refractivity contribution is -0.144. The number of hydrogen-bond donors (Lipinski definition) is 5. The number of nitrogens with one attached hydrogen (secondary N) is 3. The van der Waals surface area contributed by atoms with Crippen molar-refractivity contribution in [1.29, 1.82) is 0 Å². The number of aromatic nitrogens is 1. The van der Waals surface area contributed by atoms with Crippen molar-refractivity contribution in [3.63, 3.8) is 0 Å². The number of phenols is 1. The summed E-state index contributed by atoms with van der Waals surface area (Å²) in [7, 11) is 0. The molecule has 1 unspecified atom stereocenters. The maximum Gasteiger partial charge on any atom is 0.246 e. The van der Waals surface area contributed by atoms with E-state index in [1.807, 2.05) is 107 Å². The summed E-state index contributed by atoms with van der Waals surface area (Å²) in [5.41, 5.74) is 8.94. The first-order valence-corrected chi connectivity index (χ1v) is 22.8. The highest BCUT2D eigenvalue weighted by Gasteiger charge is 2.44. The summed E-state index contributed by atoms with van der Waals surface area (Å²) < 4.78 is 5.93. The van der Waals surface area contributed by atoms with Gasteiger partial charge in [-0.1, -0.05) is 99.6 Å². The first-order valence-electron chi connectivity index (χ1n) is 21.4. The summed E-state index contributed by atoms with van der Waals surface area (Å²) in [6.07, 6.45) is -0.458.